The van der Waals surface area contributed by atoms with Gasteiger partial charge in [-0.3, -0.25) is 4.79 Å². The quantitative estimate of drug-likeness (QED) is 0.303. The maximum absolute atomic E-state index is 14.0. The Kier molecular flexibility index (Phi) is 8.30. The van der Waals surface area contributed by atoms with E-state index in [1.54, 1.807) is 6.07 Å². The molecule has 3 aliphatic carbocycles. The molecule has 0 aromatic heterocycles. The van der Waals surface area contributed by atoms with E-state index in [0.29, 0.717) is 23.4 Å². The summed E-state index contributed by atoms with van der Waals surface area (Å²) in [7, 11) is -2.75. The van der Waals surface area contributed by atoms with Gasteiger partial charge in [-0.05, 0) is 45.1 Å². The number of fused-ring (bicyclic) bond motifs is 1. The molecule has 1 atom stereocenters. The number of alkyl halides is 4. The van der Waals surface area contributed by atoms with Crippen molar-refractivity contribution in [1.82, 2.24) is 4.31 Å². The van der Waals surface area contributed by atoms with Crippen molar-refractivity contribution >= 4 is 33.4 Å². The van der Waals surface area contributed by atoms with Gasteiger partial charge in [0.15, 0.2) is 0 Å². The van der Waals surface area contributed by atoms with E-state index in [0.717, 1.165) is 39.0 Å². The summed E-state index contributed by atoms with van der Waals surface area (Å²) in [5, 5.41) is 9.39. The first kappa shape index (κ1) is 30.7. The van der Waals surface area contributed by atoms with Crippen LogP contribution in [0.25, 0.3) is 0 Å². The second-order valence-electron chi connectivity index (χ2n) is 12.4. The molecule has 13 heteroatoms. The van der Waals surface area contributed by atoms with Gasteiger partial charge in [-0.25, -0.2) is 26.0 Å². The number of ether oxygens (including phenoxy) is 1. The van der Waals surface area contributed by atoms with Gasteiger partial charge in [0.1, 0.15) is 22.7 Å². The number of carbonyl (C=O) groups is 1. The summed E-state index contributed by atoms with van der Waals surface area (Å²) >= 11 is 1.20. The SMILES string of the molecule is CN1[C@@H](CCC(C)(F)F)CN(C2CCCC2)c2cc(SC3CC(F)(F)C3)c(OCC3(C(=O)O)CCC3)cc2S1(=O)=O. The van der Waals surface area contributed by atoms with Crippen molar-refractivity contribution in [2.45, 2.75) is 117 Å². The van der Waals surface area contributed by atoms with E-state index in [1.165, 1.54) is 29.2 Å². The number of anilines is 1. The van der Waals surface area contributed by atoms with Gasteiger partial charge in [0.2, 0.25) is 21.9 Å². The van der Waals surface area contributed by atoms with Crippen LogP contribution in [0.4, 0.5) is 23.2 Å². The number of nitrogens with zero attached hydrogens (tertiary/aromatic N) is 2. The fraction of sp³-hybridized carbons (Fsp3) is 0.750. The van der Waals surface area contributed by atoms with E-state index >= 15 is 0 Å². The van der Waals surface area contributed by atoms with Crippen LogP contribution in [0.2, 0.25) is 0 Å². The van der Waals surface area contributed by atoms with Crippen molar-refractivity contribution in [1.29, 1.82) is 0 Å². The first-order chi connectivity index (χ1) is 19.1. The lowest BCUT2D eigenvalue weighted by molar-refractivity contribution is -0.157. The van der Waals surface area contributed by atoms with Crippen LogP contribution in [0.3, 0.4) is 0 Å². The molecule has 41 heavy (non-hydrogen) atoms. The molecule has 4 aliphatic rings. The fourth-order valence-electron chi connectivity index (χ4n) is 6.32. The van der Waals surface area contributed by atoms with Gasteiger partial charge >= 0.3 is 5.97 Å². The lowest BCUT2D eigenvalue weighted by atomic mass is 9.69. The number of benzene rings is 1. The van der Waals surface area contributed by atoms with Crippen LogP contribution in [0.15, 0.2) is 21.9 Å². The van der Waals surface area contributed by atoms with Gasteiger partial charge in [-0.15, -0.1) is 11.8 Å². The number of sulfonamides is 1. The minimum absolute atomic E-state index is 0.0167. The Morgan fingerprint density at radius 2 is 1.83 bits per heavy atom. The molecular weight excluding hydrogens is 584 g/mol. The zero-order chi connectivity index (χ0) is 29.8. The summed E-state index contributed by atoms with van der Waals surface area (Å²) in [4.78, 5) is 14.4. The number of hydrogen-bond acceptors (Lipinski definition) is 6. The maximum Gasteiger partial charge on any atom is 0.313 e. The average molecular weight is 623 g/mol. The number of rotatable bonds is 10. The Hall–Kier alpha value is -1.73. The molecule has 230 valence electrons. The Morgan fingerprint density at radius 1 is 1.17 bits per heavy atom. The van der Waals surface area contributed by atoms with Gasteiger partial charge in [-0.1, -0.05) is 19.3 Å². The van der Waals surface area contributed by atoms with Gasteiger partial charge in [-0.2, -0.15) is 4.31 Å². The van der Waals surface area contributed by atoms with Crippen molar-refractivity contribution in [2.24, 2.45) is 5.41 Å². The lowest BCUT2D eigenvalue weighted by Crippen LogP contribution is -2.45. The molecule has 3 fully saturated rings. The Bertz CT molecular complexity index is 1250. The molecule has 1 N–H and O–H groups in total. The minimum atomic E-state index is -4.15. The molecule has 1 aromatic rings. The summed E-state index contributed by atoms with van der Waals surface area (Å²) < 4.78 is 90.4. The normalized spacial score (nSPS) is 26.1. The third kappa shape index (κ3) is 6.32. The van der Waals surface area contributed by atoms with E-state index in [-0.39, 0.29) is 49.1 Å². The molecule has 1 aliphatic heterocycles. The number of halogens is 4. The second-order valence-corrected chi connectivity index (χ2v) is 15.7. The van der Waals surface area contributed by atoms with Gasteiger partial charge in [0.05, 0.1) is 10.6 Å². The lowest BCUT2D eigenvalue weighted by Gasteiger charge is -2.38. The summed E-state index contributed by atoms with van der Waals surface area (Å²) in [5.41, 5.74) is -0.646. The van der Waals surface area contributed by atoms with Crippen molar-refractivity contribution in [3.8, 4) is 5.75 Å². The number of likely N-dealkylation sites (N-methyl/N-ethyl adjacent to an activating group) is 1. The van der Waals surface area contributed by atoms with Crippen LogP contribution < -0.4 is 9.64 Å². The molecule has 7 nitrogen and oxygen atoms in total. The monoisotopic (exact) mass is 622 g/mol. The van der Waals surface area contributed by atoms with Gasteiger partial charge < -0.3 is 14.7 Å². The van der Waals surface area contributed by atoms with Crippen LogP contribution in [0.5, 0.6) is 5.75 Å². The summed E-state index contributed by atoms with van der Waals surface area (Å²) in [6.07, 6.45) is 4.09. The summed E-state index contributed by atoms with van der Waals surface area (Å²) in [5.74, 6) is -6.53. The highest BCUT2D eigenvalue weighted by Gasteiger charge is 2.48. The van der Waals surface area contributed by atoms with Gasteiger partial charge in [0.25, 0.3) is 0 Å². The van der Waals surface area contributed by atoms with Crippen molar-refractivity contribution < 1.29 is 40.6 Å². The molecule has 3 saturated carbocycles. The van der Waals surface area contributed by atoms with Crippen molar-refractivity contribution in [2.75, 3.05) is 25.1 Å². The Morgan fingerprint density at radius 3 is 2.37 bits per heavy atom. The van der Waals surface area contributed by atoms with Crippen molar-refractivity contribution in [3.63, 3.8) is 0 Å². The zero-order valence-corrected chi connectivity index (χ0v) is 25.0. The number of hydrogen-bond donors (Lipinski definition) is 1. The molecule has 0 radical (unpaired) electrons. The number of carboxylic acid groups (broad SMARTS) is 1. The molecule has 0 bridgehead atoms. The van der Waals surface area contributed by atoms with Crippen LogP contribution in [0.1, 0.15) is 77.6 Å². The number of thioether (sulfide) groups is 1. The van der Waals surface area contributed by atoms with E-state index in [4.69, 9.17) is 4.74 Å². The smallest absolute Gasteiger partial charge is 0.313 e. The fourth-order valence-corrected chi connectivity index (χ4v) is 9.32. The van der Waals surface area contributed by atoms with Crippen molar-refractivity contribution in [3.05, 3.63) is 12.1 Å². The zero-order valence-electron chi connectivity index (χ0n) is 23.4. The highest BCUT2D eigenvalue weighted by Crippen LogP contribution is 2.51. The predicted molar refractivity (Wildman–Crippen MR) is 148 cm³/mol. The van der Waals surface area contributed by atoms with E-state index in [2.05, 4.69) is 0 Å². The molecule has 0 spiro atoms. The molecule has 0 saturated heterocycles. The minimum Gasteiger partial charge on any atom is -0.491 e. The number of carboxylic acids is 1. The van der Waals surface area contributed by atoms with Crippen LogP contribution in [0, 0.1) is 5.41 Å². The third-order valence-electron chi connectivity index (χ3n) is 9.21. The topological polar surface area (TPSA) is 87.2 Å². The molecule has 1 heterocycles. The van der Waals surface area contributed by atoms with Crippen LogP contribution in [-0.4, -0.2) is 73.2 Å². The highest BCUT2D eigenvalue weighted by molar-refractivity contribution is 8.00. The molecule has 1 aromatic carbocycles. The number of aliphatic carboxylic acids is 1. The molecule has 0 amide bonds. The second kappa shape index (κ2) is 11.1. The third-order valence-corrected chi connectivity index (χ3v) is 12.4. The van der Waals surface area contributed by atoms with Gasteiger partial charge in [0, 0.05) is 56.3 Å². The first-order valence-corrected chi connectivity index (χ1v) is 16.6. The summed E-state index contributed by atoms with van der Waals surface area (Å²) in [6, 6.07) is 2.39. The van der Waals surface area contributed by atoms with E-state index in [9.17, 15) is 35.9 Å². The van der Waals surface area contributed by atoms with Crippen LogP contribution in [-0.2, 0) is 14.8 Å². The maximum atomic E-state index is 14.0. The molecular formula is C28H38F4N2O5S2. The van der Waals surface area contributed by atoms with E-state index in [1.807, 2.05) is 4.90 Å². The van der Waals surface area contributed by atoms with Crippen LogP contribution >= 0.6 is 11.8 Å². The molecule has 5 rings (SSSR count). The van der Waals surface area contributed by atoms with E-state index < -0.39 is 51.0 Å². The Balaban J connectivity index is 1.56. The standard InChI is InChI=1S/C28H38F4N2O5S2/c1-26(29,30)11-8-19-16-34(18-6-3-4-7-18)21-12-23(40-20-14-28(31,32)15-20)22(13-24(21)41(37,38)33(19)2)39-17-27(25(35)36)9-5-10-27/h12-13,18-20H,3-11,14-17H2,1-2H3,(H,35,36)/t19-/m0/s1. The highest BCUT2D eigenvalue weighted by atomic mass is 32.2. The average Bonchev–Trinajstić information content (AvgIpc) is 3.34. The first-order valence-electron chi connectivity index (χ1n) is 14.3. The summed E-state index contributed by atoms with van der Waals surface area (Å²) in [6.45, 7) is 0.897. The Labute approximate surface area is 243 Å². The molecule has 0 unspecified atom stereocenters. The predicted octanol–water partition coefficient (Wildman–Crippen LogP) is 6.40. The largest absolute Gasteiger partial charge is 0.491 e.